The van der Waals surface area contributed by atoms with E-state index in [-0.39, 0.29) is 24.9 Å². The van der Waals surface area contributed by atoms with Crippen molar-refractivity contribution >= 4 is 34.4 Å². The minimum absolute atomic E-state index is 0.188. The molecule has 9 nitrogen and oxygen atoms in total. The number of carboxylic acid groups (broad SMARTS) is 1. The van der Waals surface area contributed by atoms with Crippen molar-refractivity contribution in [1.82, 2.24) is 14.8 Å². The van der Waals surface area contributed by atoms with Crippen molar-refractivity contribution in [2.75, 3.05) is 10.2 Å². The van der Waals surface area contributed by atoms with Gasteiger partial charge in [0.25, 0.3) is 0 Å². The third kappa shape index (κ3) is 4.04. The lowest BCUT2D eigenvalue weighted by atomic mass is 10.1. The molecule has 2 aromatic heterocycles. The number of carbonyl (C=O) groups is 2. The summed E-state index contributed by atoms with van der Waals surface area (Å²) in [4.78, 5) is 28.8. The summed E-state index contributed by atoms with van der Waals surface area (Å²) in [5.41, 5.74) is 2.38. The molecule has 3 N–H and O–H groups in total. The Morgan fingerprint density at radius 1 is 1.26 bits per heavy atom. The van der Waals surface area contributed by atoms with E-state index >= 15 is 0 Å². The van der Waals surface area contributed by atoms with E-state index in [0.29, 0.717) is 16.9 Å². The summed E-state index contributed by atoms with van der Waals surface area (Å²) in [6.45, 7) is 1.44. The highest BCUT2D eigenvalue weighted by atomic mass is 16.4. The molecule has 0 bridgehead atoms. The number of aromatic nitrogens is 3. The molecule has 140 valence electrons. The first-order chi connectivity index (χ1) is 12.9. The quantitative estimate of drug-likeness (QED) is 0.633. The van der Waals surface area contributed by atoms with Gasteiger partial charge in [0, 0.05) is 25.6 Å². The number of hydrogen-bond donors (Lipinski definition) is 3. The summed E-state index contributed by atoms with van der Waals surface area (Å²) in [5, 5.41) is 25.6. The molecule has 0 fully saturated rings. The van der Waals surface area contributed by atoms with Gasteiger partial charge < -0.3 is 15.1 Å². The van der Waals surface area contributed by atoms with E-state index in [0.717, 1.165) is 10.9 Å². The predicted molar refractivity (Wildman–Crippen MR) is 99.4 cm³/mol. The van der Waals surface area contributed by atoms with Gasteiger partial charge in [-0.05, 0) is 23.8 Å². The zero-order valence-corrected chi connectivity index (χ0v) is 14.9. The largest absolute Gasteiger partial charge is 0.465 e. The minimum Gasteiger partial charge on any atom is -0.465 e. The summed E-state index contributed by atoms with van der Waals surface area (Å²) >= 11 is 0. The number of hydrogen-bond acceptors (Lipinski definition) is 5. The van der Waals surface area contributed by atoms with Crippen LogP contribution >= 0.6 is 0 Å². The number of fused-ring (bicyclic) bond motifs is 1. The van der Waals surface area contributed by atoms with Crippen LogP contribution in [-0.2, 0) is 25.0 Å². The van der Waals surface area contributed by atoms with Crippen molar-refractivity contribution in [3.63, 3.8) is 0 Å². The van der Waals surface area contributed by atoms with Crippen LogP contribution in [0.2, 0.25) is 0 Å². The molecule has 0 atom stereocenters. The highest BCUT2D eigenvalue weighted by Gasteiger charge is 2.19. The van der Waals surface area contributed by atoms with Gasteiger partial charge in [0.05, 0.1) is 24.4 Å². The van der Waals surface area contributed by atoms with E-state index in [4.69, 9.17) is 5.11 Å². The summed E-state index contributed by atoms with van der Waals surface area (Å²) in [6.07, 6.45) is 0.495. The van der Waals surface area contributed by atoms with Crippen LogP contribution in [0.1, 0.15) is 18.2 Å². The number of benzene rings is 1. The topological polar surface area (TPSA) is 121 Å². The lowest BCUT2D eigenvalue weighted by Crippen LogP contribution is -2.28. The number of aryl methyl sites for hydroxylation is 1. The summed E-state index contributed by atoms with van der Waals surface area (Å²) in [7, 11) is 1.72. The second kappa shape index (κ2) is 7.42. The fourth-order valence-electron chi connectivity index (χ4n) is 2.85. The Labute approximate surface area is 154 Å². The van der Waals surface area contributed by atoms with E-state index in [2.05, 4.69) is 15.4 Å². The molecular weight excluding hydrogens is 350 g/mol. The van der Waals surface area contributed by atoms with Crippen molar-refractivity contribution in [3.8, 4) is 0 Å². The summed E-state index contributed by atoms with van der Waals surface area (Å²) in [5.74, 6) is 0.0393. The van der Waals surface area contributed by atoms with E-state index < -0.39 is 6.09 Å². The molecule has 0 aliphatic carbocycles. The maximum absolute atomic E-state index is 12.2. The number of pyridine rings is 1. The fourth-order valence-corrected chi connectivity index (χ4v) is 2.85. The first-order valence-corrected chi connectivity index (χ1v) is 8.18. The van der Waals surface area contributed by atoms with Crippen LogP contribution in [-0.4, -0.2) is 37.0 Å². The van der Waals surface area contributed by atoms with E-state index in [1.807, 2.05) is 12.1 Å². The number of rotatable bonds is 5. The molecular formula is C18H19N5O4. The molecule has 3 rings (SSSR count). The molecule has 3 aromatic rings. The molecule has 0 saturated heterocycles. The van der Waals surface area contributed by atoms with Gasteiger partial charge in [-0.2, -0.15) is 5.10 Å². The number of nitrogens with zero attached hydrogens (tertiary/aromatic N) is 4. The lowest BCUT2D eigenvalue weighted by Gasteiger charge is -2.21. The normalized spacial score (nSPS) is 10.8. The molecule has 9 heteroatoms. The number of aliphatic hydroxyl groups excluding tert-OH is 1. The number of aliphatic hydroxyl groups is 1. The zero-order valence-electron chi connectivity index (χ0n) is 14.9. The van der Waals surface area contributed by atoms with Crippen molar-refractivity contribution in [1.29, 1.82) is 0 Å². The van der Waals surface area contributed by atoms with Gasteiger partial charge in [-0.15, -0.1) is 0 Å². The predicted octanol–water partition coefficient (Wildman–Crippen LogP) is 2.10. The van der Waals surface area contributed by atoms with Crippen molar-refractivity contribution in [3.05, 3.63) is 47.8 Å². The average molecular weight is 369 g/mol. The smallest absolute Gasteiger partial charge is 0.410 e. The molecule has 0 aliphatic rings. The maximum atomic E-state index is 12.2. The Bertz CT molecular complexity index is 1010. The number of carbonyl (C=O) groups excluding carboxylic acids is 1. The van der Waals surface area contributed by atoms with Crippen LogP contribution in [0.25, 0.3) is 10.9 Å². The van der Waals surface area contributed by atoms with Gasteiger partial charge in [0.1, 0.15) is 11.5 Å². The zero-order chi connectivity index (χ0) is 19.6. The van der Waals surface area contributed by atoms with Crippen LogP contribution in [0.5, 0.6) is 0 Å². The second-order valence-electron chi connectivity index (χ2n) is 6.05. The molecule has 0 unspecified atom stereocenters. The molecule has 27 heavy (non-hydrogen) atoms. The highest BCUT2D eigenvalue weighted by molar-refractivity contribution is 5.92. The Balaban J connectivity index is 1.95. The SMILES string of the molecule is CC(=O)N(Cc1ccc2ccc(NC(=O)O)nc2c1)c1cn(C)nc1CO. The van der Waals surface area contributed by atoms with Gasteiger partial charge in [-0.25, -0.2) is 9.78 Å². The van der Waals surface area contributed by atoms with Gasteiger partial charge in [0.15, 0.2) is 0 Å². The van der Waals surface area contributed by atoms with E-state index in [1.165, 1.54) is 11.8 Å². The molecule has 2 heterocycles. The minimum atomic E-state index is -1.19. The third-order valence-electron chi connectivity index (χ3n) is 4.04. The Hall–Kier alpha value is -3.46. The number of nitrogens with one attached hydrogen (secondary N) is 1. The van der Waals surface area contributed by atoms with E-state index in [9.17, 15) is 14.7 Å². The molecule has 0 aliphatic heterocycles. The van der Waals surface area contributed by atoms with Gasteiger partial charge >= 0.3 is 6.09 Å². The lowest BCUT2D eigenvalue weighted by molar-refractivity contribution is -0.116. The molecule has 0 spiro atoms. The molecule has 1 aromatic carbocycles. The molecule has 0 saturated carbocycles. The first-order valence-electron chi connectivity index (χ1n) is 8.18. The Morgan fingerprint density at radius 2 is 2.00 bits per heavy atom. The van der Waals surface area contributed by atoms with Gasteiger partial charge in [-0.1, -0.05) is 12.1 Å². The fraction of sp³-hybridized carbons (Fsp3) is 0.222. The van der Waals surface area contributed by atoms with Crippen LogP contribution in [0.15, 0.2) is 36.5 Å². The number of amides is 2. The molecule has 2 amide bonds. The van der Waals surface area contributed by atoms with Gasteiger partial charge in [0.2, 0.25) is 5.91 Å². The third-order valence-corrected chi connectivity index (χ3v) is 4.04. The standard InChI is InChI=1S/C18H19N5O4/c1-11(25)23(16-9-22(2)21-15(16)10-24)8-12-3-4-13-5-6-17(20-18(26)27)19-14(13)7-12/h3-7,9,24H,8,10H2,1-2H3,(H,19,20)(H,26,27). The second-order valence-corrected chi connectivity index (χ2v) is 6.05. The van der Waals surface area contributed by atoms with Gasteiger partial charge in [-0.3, -0.25) is 14.8 Å². The van der Waals surface area contributed by atoms with Crippen molar-refractivity contribution in [2.24, 2.45) is 7.05 Å². The summed E-state index contributed by atoms with van der Waals surface area (Å²) in [6, 6.07) is 8.88. The van der Waals surface area contributed by atoms with Crippen LogP contribution in [0.4, 0.5) is 16.3 Å². The van der Waals surface area contributed by atoms with Crippen LogP contribution in [0.3, 0.4) is 0 Å². The Kier molecular flexibility index (Phi) is 5.04. The highest BCUT2D eigenvalue weighted by Crippen LogP contribution is 2.24. The molecule has 0 radical (unpaired) electrons. The first kappa shape index (κ1) is 18.3. The average Bonchev–Trinajstić information content (AvgIpc) is 2.99. The monoisotopic (exact) mass is 369 g/mol. The maximum Gasteiger partial charge on any atom is 0.410 e. The summed E-state index contributed by atoms with van der Waals surface area (Å²) < 4.78 is 1.54. The van der Waals surface area contributed by atoms with Crippen molar-refractivity contribution in [2.45, 2.75) is 20.1 Å². The van der Waals surface area contributed by atoms with Crippen molar-refractivity contribution < 1.29 is 19.8 Å². The van der Waals surface area contributed by atoms with E-state index in [1.54, 1.807) is 36.1 Å². The van der Waals surface area contributed by atoms with Crippen LogP contribution in [0, 0.1) is 0 Å². The van der Waals surface area contributed by atoms with Crippen LogP contribution < -0.4 is 10.2 Å². The number of anilines is 2. The Morgan fingerprint density at radius 3 is 2.67 bits per heavy atom.